The second-order valence-corrected chi connectivity index (χ2v) is 5.24. The number of amides is 1. The molecule has 2 aromatic rings. The number of carbonyl (C=O) groups excluding carboxylic acids is 1. The van der Waals surface area contributed by atoms with E-state index in [-0.39, 0.29) is 11.8 Å². The van der Waals surface area contributed by atoms with Crippen molar-refractivity contribution in [2.24, 2.45) is 5.92 Å². The number of anilines is 1. The van der Waals surface area contributed by atoms with E-state index in [0.717, 1.165) is 16.9 Å². The van der Waals surface area contributed by atoms with Crippen molar-refractivity contribution in [3.05, 3.63) is 59.7 Å². The minimum Gasteiger partial charge on any atom is -0.492 e. The maximum Gasteiger partial charge on any atom is 0.227 e. The Kier molecular flexibility index (Phi) is 3.77. The Labute approximate surface area is 123 Å². The van der Waals surface area contributed by atoms with Gasteiger partial charge in [0.1, 0.15) is 12.4 Å². The maximum absolute atomic E-state index is 12.3. The third-order valence-corrected chi connectivity index (χ3v) is 3.76. The molecule has 3 rings (SSSR count). The van der Waals surface area contributed by atoms with Crippen LogP contribution in [0.1, 0.15) is 11.1 Å². The van der Waals surface area contributed by atoms with Gasteiger partial charge in [-0.15, -0.1) is 0 Å². The molecule has 1 aliphatic rings. The van der Waals surface area contributed by atoms with Crippen LogP contribution in [-0.4, -0.2) is 12.5 Å². The first-order chi connectivity index (χ1) is 10.2. The van der Waals surface area contributed by atoms with E-state index >= 15 is 0 Å². The molecule has 0 saturated heterocycles. The van der Waals surface area contributed by atoms with Gasteiger partial charge in [-0.3, -0.25) is 4.79 Å². The predicted octanol–water partition coefficient (Wildman–Crippen LogP) is 2.14. The Morgan fingerprint density at radius 2 is 1.95 bits per heavy atom. The number of hydrogen-bond donors (Lipinski definition) is 2. The lowest BCUT2D eigenvalue weighted by Gasteiger charge is -2.24. The zero-order chi connectivity index (χ0) is 14.7. The number of rotatable bonds is 3. The molecule has 21 heavy (non-hydrogen) atoms. The van der Waals surface area contributed by atoms with E-state index < -0.39 is 0 Å². The first-order valence-electron chi connectivity index (χ1n) is 7.06. The lowest BCUT2D eigenvalue weighted by atomic mass is 9.96. The summed E-state index contributed by atoms with van der Waals surface area (Å²) in [5.74, 6) is 0.742. The highest BCUT2D eigenvalue weighted by Gasteiger charge is 2.25. The van der Waals surface area contributed by atoms with Gasteiger partial charge in [0.15, 0.2) is 0 Å². The highest BCUT2D eigenvalue weighted by Crippen LogP contribution is 2.26. The van der Waals surface area contributed by atoms with Gasteiger partial charge in [-0.1, -0.05) is 36.4 Å². The number of hydrogen-bond acceptors (Lipinski definition) is 3. The monoisotopic (exact) mass is 282 g/mol. The quantitative estimate of drug-likeness (QED) is 0.848. The number of benzene rings is 2. The topological polar surface area (TPSA) is 64.3 Å². The molecule has 3 N–H and O–H groups in total. The van der Waals surface area contributed by atoms with E-state index in [9.17, 15) is 4.79 Å². The van der Waals surface area contributed by atoms with Gasteiger partial charge in [-0.25, -0.2) is 0 Å². The second-order valence-electron chi connectivity index (χ2n) is 5.24. The fourth-order valence-corrected chi connectivity index (χ4v) is 2.52. The number of carbonyl (C=O) groups is 1. The molecule has 4 heteroatoms. The van der Waals surface area contributed by atoms with Gasteiger partial charge in [0.2, 0.25) is 5.91 Å². The van der Waals surface area contributed by atoms with E-state index in [0.29, 0.717) is 25.3 Å². The van der Waals surface area contributed by atoms with E-state index in [4.69, 9.17) is 10.5 Å². The van der Waals surface area contributed by atoms with Crippen molar-refractivity contribution in [3.8, 4) is 5.75 Å². The largest absolute Gasteiger partial charge is 0.492 e. The third-order valence-electron chi connectivity index (χ3n) is 3.76. The van der Waals surface area contributed by atoms with Gasteiger partial charge < -0.3 is 15.8 Å². The smallest absolute Gasteiger partial charge is 0.227 e. The fourth-order valence-electron chi connectivity index (χ4n) is 2.52. The molecule has 0 fully saturated rings. The molecule has 1 atom stereocenters. The predicted molar refractivity (Wildman–Crippen MR) is 81.8 cm³/mol. The average Bonchev–Trinajstić information content (AvgIpc) is 2.53. The summed E-state index contributed by atoms with van der Waals surface area (Å²) in [5, 5.41) is 2.94. The van der Waals surface area contributed by atoms with Crippen LogP contribution in [0, 0.1) is 5.92 Å². The molecular weight excluding hydrogens is 264 g/mol. The lowest BCUT2D eigenvalue weighted by Crippen LogP contribution is -2.37. The Balaban J connectivity index is 1.61. The van der Waals surface area contributed by atoms with Crippen molar-refractivity contribution < 1.29 is 9.53 Å². The minimum atomic E-state index is -0.148. The summed E-state index contributed by atoms with van der Waals surface area (Å²) in [6.45, 7) is 0.872. The molecule has 1 unspecified atom stereocenters. The Morgan fingerprint density at radius 3 is 2.81 bits per heavy atom. The summed E-state index contributed by atoms with van der Waals surface area (Å²) in [6, 6.07) is 15.4. The molecule has 1 aliphatic heterocycles. The number of ether oxygens (including phenoxy) is 1. The number of nitrogen functional groups attached to an aromatic ring is 1. The van der Waals surface area contributed by atoms with Gasteiger partial charge in [-0.05, 0) is 29.7 Å². The number of fused-ring (bicyclic) bond motifs is 1. The molecule has 0 aromatic heterocycles. The number of nitrogens with two attached hydrogens (primary N) is 1. The second kappa shape index (κ2) is 5.87. The zero-order valence-corrected chi connectivity index (χ0v) is 11.7. The molecule has 0 radical (unpaired) electrons. The number of para-hydroxylation sites is 2. The van der Waals surface area contributed by atoms with Crippen LogP contribution in [0.2, 0.25) is 0 Å². The summed E-state index contributed by atoms with van der Waals surface area (Å²) in [6.07, 6.45) is 0.715. The standard InChI is InChI=1S/C17H18N2O2/c18-15-7-3-1-6-13(15)10-19-17(20)14-9-12-5-2-4-8-16(12)21-11-14/h1-8,14H,9-11,18H2,(H,19,20). The SMILES string of the molecule is Nc1ccccc1CNC(=O)C1COc2ccccc2C1. The summed E-state index contributed by atoms with van der Waals surface area (Å²) in [5.41, 5.74) is 8.59. The molecule has 1 heterocycles. The molecule has 108 valence electrons. The van der Waals surface area contributed by atoms with Crippen LogP contribution < -0.4 is 15.8 Å². The van der Waals surface area contributed by atoms with Crippen LogP contribution in [0.15, 0.2) is 48.5 Å². The Bertz CT molecular complexity index is 655. The molecule has 4 nitrogen and oxygen atoms in total. The normalized spacial score (nSPS) is 16.7. The summed E-state index contributed by atoms with van der Waals surface area (Å²) < 4.78 is 5.65. The summed E-state index contributed by atoms with van der Waals surface area (Å²) >= 11 is 0. The molecule has 1 amide bonds. The van der Waals surface area contributed by atoms with Crippen molar-refractivity contribution in [2.45, 2.75) is 13.0 Å². The fraction of sp³-hybridized carbons (Fsp3) is 0.235. The average molecular weight is 282 g/mol. The van der Waals surface area contributed by atoms with Crippen LogP contribution >= 0.6 is 0 Å². The zero-order valence-electron chi connectivity index (χ0n) is 11.7. The highest BCUT2D eigenvalue weighted by atomic mass is 16.5. The van der Waals surface area contributed by atoms with Gasteiger partial charge in [-0.2, -0.15) is 0 Å². The number of nitrogens with one attached hydrogen (secondary N) is 1. The van der Waals surface area contributed by atoms with Crippen molar-refractivity contribution in [1.82, 2.24) is 5.32 Å². The van der Waals surface area contributed by atoms with Crippen LogP contribution in [0.25, 0.3) is 0 Å². The molecular formula is C17H18N2O2. The lowest BCUT2D eigenvalue weighted by molar-refractivity contribution is -0.126. The Morgan fingerprint density at radius 1 is 1.19 bits per heavy atom. The summed E-state index contributed by atoms with van der Waals surface area (Å²) in [7, 11) is 0. The molecule has 2 aromatic carbocycles. The highest BCUT2D eigenvalue weighted by molar-refractivity contribution is 5.79. The summed E-state index contributed by atoms with van der Waals surface area (Å²) in [4.78, 5) is 12.3. The first-order valence-corrected chi connectivity index (χ1v) is 7.06. The van der Waals surface area contributed by atoms with E-state index in [1.807, 2.05) is 48.5 Å². The first kappa shape index (κ1) is 13.5. The minimum absolute atomic E-state index is 0.00718. The van der Waals surface area contributed by atoms with Crippen LogP contribution in [0.4, 0.5) is 5.69 Å². The van der Waals surface area contributed by atoms with Crippen molar-refractivity contribution in [3.63, 3.8) is 0 Å². The van der Waals surface area contributed by atoms with Crippen molar-refractivity contribution >= 4 is 11.6 Å². The van der Waals surface area contributed by atoms with Crippen LogP contribution in [0.3, 0.4) is 0 Å². The van der Waals surface area contributed by atoms with Crippen molar-refractivity contribution in [2.75, 3.05) is 12.3 Å². The van der Waals surface area contributed by atoms with Crippen molar-refractivity contribution in [1.29, 1.82) is 0 Å². The van der Waals surface area contributed by atoms with E-state index in [2.05, 4.69) is 5.32 Å². The van der Waals surface area contributed by atoms with E-state index in [1.54, 1.807) is 0 Å². The van der Waals surface area contributed by atoms with Crippen LogP contribution in [-0.2, 0) is 17.8 Å². The molecule has 0 aliphatic carbocycles. The molecule has 0 bridgehead atoms. The van der Waals surface area contributed by atoms with Gasteiger partial charge >= 0.3 is 0 Å². The van der Waals surface area contributed by atoms with E-state index in [1.165, 1.54) is 0 Å². The van der Waals surface area contributed by atoms with Crippen LogP contribution in [0.5, 0.6) is 5.75 Å². The Hall–Kier alpha value is -2.49. The third kappa shape index (κ3) is 2.99. The maximum atomic E-state index is 12.3. The van der Waals surface area contributed by atoms with Gasteiger partial charge in [0, 0.05) is 12.2 Å². The van der Waals surface area contributed by atoms with Gasteiger partial charge in [0.25, 0.3) is 0 Å². The molecule has 0 saturated carbocycles. The molecule has 0 spiro atoms. The van der Waals surface area contributed by atoms with Gasteiger partial charge in [0.05, 0.1) is 5.92 Å².